The lowest BCUT2D eigenvalue weighted by Gasteiger charge is -2.07. The molecule has 0 radical (unpaired) electrons. The van der Waals surface area contributed by atoms with E-state index in [4.69, 9.17) is 0 Å². The number of pyridine rings is 1. The van der Waals surface area contributed by atoms with E-state index >= 15 is 0 Å². The number of hydrogen-bond donors (Lipinski definition) is 2. The molecule has 0 bridgehead atoms. The molecule has 17 heavy (non-hydrogen) atoms. The predicted molar refractivity (Wildman–Crippen MR) is 69.1 cm³/mol. The summed E-state index contributed by atoms with van der Waals surface area (Å²) >= 11 is 0. The SMILES string of the molecule is CC(CO)c1ccc2[nH]c3ncccc3c2c1. The van der Waals surface area contributed by atoms with Crippen LogP contribution in [0.3, 0.4) is 0 Å². The van der Waals surface area contributed by atoms with Crippen LogP contribution in [0.15, 0.2) is 36.5 Å². The maximum Gasteiger partial charge on any atom is 0.138 e. The zero-order valence-electron chi connectivity index (χ0n) is 9.64. The Morgan fingerprint density at radius 1 is 1.29 bits per heavy atom. The van der Waals surface area contributed by atoms with Gasteiger partial charge in [-0.05, 0) is 29.8 Å². The van der Waals surface area contributed by atoms with Crippen LogP contribution >= 0.6 is 0 Å². The molecule has 0 spiro atoms. The molecule has 3 heteroatoms. The van der Waals surface area contributed by atoms with Gasteiger partial charge in [0.05, 0.1) is 0 Å². The van der Waals surface area contributed by atoms with Crippen LogP contribution in [0.2, 0.25) is 0 Å². The quantitative estimate of drug-likeness (QED) is 0.706. The van der Waals surface area contributed by atoms with Gasteiger partial charge >= 0.3 is 0 Å². The first kappa shape index (κ1) is 10.3. The van der Waals surface area contributed by atoms with Crippen molar-refractivity contribution in [2.45, 2.75) is 12.8 Å². The molecule has 0 aliphatic rings. The maximum absolute atomic E-state index is 9.20. The summed E-state index contributed by atoms with van der Waals surface area (Å²) in [6, 6.07) is 10.3. The smallest absolute Gasteiger partial charge is 0.138 e. The number of benzene rings is 1. The van der Waals surface area contributed by atoms with E-state index in [0.717, 1.165) is 22.1 Å². The Kier molecular flexibility index (Phi) is 2.34. The molecule has 1 atom stereocenters. The van der Waals surface area contributed by atoms with E-state index in [1.807, 2.05) is 13.0 Å². The highest BCUT2D eigenvalue weighted by Gasteiger charge is 2.08. The van der Waals surface area contributed by atoms with Crippen molar-refractivity contribution in [1.82, 2.24) is 9.97 Å². The Morgan fingerprint density at radius 3 is 3.00 bits per heavy atom. The van der Waals surface area contributed by atoms with E-state index in [0.29, 0.717) is 0 Å². The summed E-state index contributed by atoms with van der Waals surface area (Å²) in [6.45, 7) is 2.19. The van der Waals surface area contributed by atoms with Crippen LogP contribution in [-0.2, 0) is 0 Å². The van der Waals surface area contributed by atoms with Crippen LogP contribution in [0.5, 0.6) is 0 Å². The topological polar surface area (TPSA) is 48.9 Å². The molecule has 3 aromatic rings. The second kappa shape index (κ2) is 3.86. The molecule has 1 unspecified atom stereocenters. The fourth-order valence-corrected chi connectivity index (χ4v) is 2.16. The van der Waals surface area contributed by atoms with Gasteiger partial charge in [-0.3, -0.25) is 0 Å². The number of nitrogens with zero attached hydrogens (tertiary/aromatic N) is 1. The standard InChI is InChI=1S/C14H14N2O/c1-9(8-17)10-4-5-13-12(7-10)11-3-2-6-15-14(11)16-13/h2-7,9,17H,8H2,1H3,(H,15,16). The van der Waals surface area contributed by atoms with Gasteiger partial charge in [-0.25, -0.2) is 4.98 Å². The molecule has 0 saturated carbocycles. The van der Waals surface area contributed by atoms with E-state index in [1.54, 1.807) is 6.20 Å². The van der Waals surface area contributed by atoms with Gasteiger partial charge in [0, 0.05) is 35.0 Å². The van der Waals surface area contributed by atoms with Crippen molar-refractivity contribution < 1.29 is 5.11 Å². The van der Waals surface area contributed by atoms with Crippen LogP contribution in [0.1, 0.15) is 18.4 Å². The molecule has 0 amide bonds. The summed E-state index contributed by atoms with van der Waals surface area (Å²) < 4.78 is 0. The second-order valence-electron chi connectivity index (χ2n) is 4.41. The summed E-state index contributed by atoms with van der Waals surface area (Å²) in [5.41, 5.74) is 3.16. The Labute approximate surface area is 99.1 Å². The Hall–Kier alpha value is -1.87. The highest BCUT2D eigenvalue weighted by atomic mass is 16.3. The van der Waals surface area contributed by atoms with Crippen molar-refractivity contribution in [3.8, 4) is 0 Å². The van der Waals surface area contributed by atoms with E-state index < -0.39 is 0 Å². The number of aromatic nitrogens is 2. The first-order valence-electron chi connectivity index (χ1n) is 5.77. The third-order valence-corrected chi connectivity index (χ3v) is 3.24. The third-order valence-electron chi connectivity index (χ3n) is 3.24. The van der Waals surface area contributed by atoms with Gasteiger partial charge in [0.15, 0.2) is 0 Å². The molecular formula is C14H14N2O. The summed E-state index contributed by atoms with van der Waals surface area (Å²) in [4.78, 5) is 7.60. The van der Waals surface area contributed by atoms with E-state index in [2.05, 4.69) is 34.2 Å². The van der Waals surface area contributed by atoms with Crippen molar-refractivity contribution in [3.05, 3.63) is 42.1 Å². The fourth-order valence-electron chi connectivity index (χ4n) is 2.16. The molecule has 3 rings (SSSR count). The number of H-pyrrole nitrogens is 1. The summed E-state index contributed by atoms with van der Waals surface area (Å²) in [5.74, 6) is 0.168. The highest BCUT2D eigenvalue weighted by Crippen LogP contribution is 2.27. The first-order chi connectivity index (χ1) is 8.29. The normalized spacial score (nSPS) is 13.3. The second-order valence-corrected chi connectivity index (χ2v) is 4.41. The van der Waals surface area contributed by atoms with E-state index in [9.17, 15) is 5.11 Å². The Morgan fingerprint density at radius 2 is 2.18 bits per heavy atom. The van der Waals surface area contributed by atoms with Gasteiger partial charge in [-0.15, -0.1) is 0 Å². The summed E-state index contributed by atoms with van der Waals surface area (Å²) in [5, 5.41) is 11.5. The van der Waals surface area contributed by atoms with Crippen LogP contribution in [0.25, 0.3) is 21.9 Å². The maximum atomic E-state index is 9.20. The Balaban J connectivity index is 2.30. The van der Waals surface area contributed by atoms with Gasteiger partial charge < -0.3 is 10.1 Å². The van der Waals surface area contributed by atoms with Crippen LogP contribution < -0.4 is 0 Å². The average Bonchev–Trinajstić information content (AvgIpc) is 2.75. The molecule has 0 saturated heterocycles. The molecule has 0 aliphatic carbocycles. The number of aromatic amines is 1. The van der Waals surface area contributed by atoms with Crippen LogP contribution in [0.4, 0.5) is 0 Å². The van der Waals surface area contributed by atoms with Crippen LogP contribution in [0, 0.1) is 0 Å². The minimum Gasteiger partial charge on any atom is -0.396 e. The minimum absolute atomic E-state index is 0.168. The molecule has 2 aromatic heterocycles. The predicted octanol–water partition coefficient (Wildman–Crippen LogP) is 2.81. The van der Waals surface area contributed by atoms with Gasteiger partial charge in [-0.2, -0.15) is 0 Å². The largest absolute Gasteiger partial charge is 0.396 e. The van der Waals surface area contributed by atoms with Crippen molar-refractivity contribution in [2.75, 3.05) is 6.61 Å². The lowest BCUT2D eigenvalue weighted by atomic mass is 10.00. The van der Waals surface area contributed by atoms with Crippen LogP contribution in [-0.4, -0.2) is 21.7 Å². The van der Waals surface area contributed by atoms with Crippen molar-refractivity contribution in [2.24, 2.45) is 0 Å². The first-order valence-corrected chi connectivity index (χ1v) is 5.77. The molecule has 0 aliphatic heterocycles. The zero-order valence-corrected chi connectivity index (χ0v) is 9.64. The highest BCUT2D eigenvalue weighted by molar-refractivity contribution is 6.05. The number of aliphatic hydroxyl groups is 1. The summed E-state index contributed by atoms with van der Waals surface area (Å²) in [6.07, 6.45) is 1.79. The van der Waals surface area contributed by atoms with Crippen molar-refractivity contribution in [1.29, 1.82) is 0 Å². The lowest BCUT2D eigenvalue weighted by Crippen LogP contribution is -1.97. The molecule has 86 valence electrons. The minimum atomic E-state index is 0.168. The molecule has 2 heterocycles. The number of nitrogens with one attached hydrogen (secondary N) is 1. The van der Waals surface area contributed by atoms with Gasteiger partial charge in [0.25, 0.3) is 0 Å². The molecular weight excluding hydrogens is 212 g/mol. The fraction of sp³-hybridized carbons (Fsp3) is 0.214. The monoisotopic (exact) mass is 226 g/mol. The molecule has 3 nitrogen and oxygen atoms in total. The van der Waals surface area contributed by atoms with E-state index in [-0.39, 0.29) is 12.5 Å². The van der Waals surface area contributed by atoms with Crippen molar-refractivity contribution in [3.63, 3.8) is 0 Å². The molecule has 2 N–H and O–H groups in total. The lowest BCUT2D eigenvalue weighted by molar-refractivity contribution is 0.273. The molecule has 1 aromatic carbocycles. The summed E-state index contributed by atoms with van der Waals surface area (Å²) in [7, 11) is 0. The zero-order chi connectivity index (χ0) is 11.8. The van der Waals surface area contributed by atoms with Gasteiger partial charge in [0.1, 0.15) is 5.65 Å². The molecule has 0 fully saturated rings. The van der Waals surface area contributed by atoms with Gasteiger partial charge in [-0.1, -0.05) is 13.0 Å². The number of fused-ring (bicyclic) bond motifs is 3. The third kappa shape index (κ3) is 1.59. The van der Waals surface area contributed by atoms with E-state index in [1.165, 1.54) is 5.39 Å². The van der Waals surface area contributed by atoms with Gasteiger partial charge in [0.2, 0.25) is 0 Å². The number of aliphatic hydroxyl groups excluding tert-OH is 1. The van der Waals surface area contributed by atoms with Crippen molar-refractivity contribution >= 4 is 21.9 Å². The number of rotatable bonds is 2. The average molecular weight is 226 g/mol. The Bertz CT molecular complexity index is 672. The number of hydrogen-bond acceptors (Lipinski definition) is 2.